The molecule has 0 spiro atoms. The van der Waals surface area contributed by atoms with Crippen LogP contribution < -0.4 is 9.58 Å². The molecule has 1 aliphatic heterocycles. The van der Waals surface area contributed by atoms with E-state index in [9.17, 15) is 5.21 Å². The Bertz CT molecular complexity index is 559. The molecule has 76 valence electrons. The Morgan fingerprint density at radius 1 is 1.47 bits per heavy atom. The van der Waals surface area contributed by atoms with Crippen LogP contribution in [0.25, 0.3) is 11.0 Å². The number of nitrogens with zero attached hydrogens (tertiary/aromatic N) is 3. The third-order valence-corrected chi connectivity index (χ3v) is 2.84. The van der Waals surface area contributed by atoms with Gasteiger partial charge >= 0.3 is 0 Å². The summed E-state index contributed by atoms with van der Waals surface area (Å²) >= 11 is 1.92. The molecule has 3 rings (SSSR count). The van der Waals surface area contributed by atoms with Gasteiger partial charge in [0.1, 0.15) is 11.3 Å². The second kappa shape index (κ2) is 3.16. The first-order chi connectivity index (χ1) is 7.24. The van der Waals surface area contributed by atoms with E-state index in [0.717, 1.165) is 17.7 Å². The summed E-state index contributed by atoms with van der Waals surface area (Å²) in [4.78, 5) is 4.80. The lowest BCUT2D eigenvalue weighted by atomic mass is 10.1. The molecule has 2 aromatic rings. The number of aromatic nitrogens is 3. The zero-order valence-corrected chi connectivity index (χ0v) is 9.76. The van der Waals surface area contributed by atoms with Crippen LogP contribution in [0.1, 0.15) is 5.56 Å². The Morgan fingerprint density at radius 2 is 2.33 bits per heavy atom. The molecule has 0 atom stereocenters. The van der Waals surface area contributed by atoms with Crippen LogP contribution in [0.2, 0.25) is 0 Å². The fourth-order valence-corrected chi connectivity index (χ4v) is 2.15. The van der Waals surface area contributed by atoms with Crippen molar-refractivity contribution in [3.63, 3.8) is 0 Å². The molecule has 0 fully saturated rings. The Balaban J connectivity index is 2.38. The summed E-state index contributed by atoms with van der Waals surface area (Å²) in [5.74, 6) is 0.831. The van der Waals surface area contributed by atoms with E-state index in [2.05, 4.69) is 10.1 Å². The van der Waals surface area contributed by atoms with Gasteiger partial charge in [-0.1, -0.05) is 0 Å². The molecule has 1 aliphatic rings. The molecule has 0 saturated heterocycles. The fraction of sp³-hybridized carbons (Fsp3) is 0.222. The average molecular weight is 315 g/mol. The maximum Gasteiger partial charge on any atom is 0.271 e. The molecule has 0 bridgehead atoms. The van der Waals surface area contributed by atoms with E-state index in [1.54, 1.807) is 12.1 Å². The van der Waals surface area contributed by atoms with Gasteiger partial charge in [0.15, 0.2) is 0 Å². The van der Waals surface area contributed by atoms with E-state index in [1.165, 1.54) is 0 Å². The second-order valence-electron chi connectivity index (χ2n) is 3.30. The van der Waals surface area contributed by atoms with Crippen LogP contribution in [0.15, 0.2) is 12.1 Å². The normalized spacial score (nSPS) is 13.9. The number of benzene rings is 1. The minimum Gasteiger partial charge on any atom is -0.594 e. The monoisotopic (exact) mass is 315 g/mol. The van der Waals surface area contributed by atoms with Crippen molar-refractivity contribution in [1.82, 2.24) is 10.1 Å². The van der Waals surface area contributed by atoms with Gasteiger partial charge in [0.25, 0.3) is 9.35 Å². The van der Waals surface area contributed by atoms with Gasteiger partial charge in [-0.25, -0.2) is 4.98 Å². The molecule has 0 amide bonds. The minimum atomic E-state index is 0.438. The standard InChI is InChI=1S/C9H6IN3O2/c10-9-11-6-4-8-5(1-2-15-8)3-7(6)13(14)12-9/h3-4H,1-2H2. The third kappa shape index (κ3) is 1.39. The van der Waals surface area contributed by atoms with Gasteiger partial charge in [-0.3, -0.25) is 0 Å². The van der Waals surface area contributed by atoms with Crippen LogP contribution in [0.3, 0.4) is 0 Å². The summed E-state index contributed by atoms with van der Waals surface area (Å²) in [7, 11) is 0. The van der Waals surface area contributed by atoms with Crippen LogP contribution in [0.5, 0.6) is 5.75 Å². The Hall–Kier alpha value is -1.18. The molecule has 2 heterocycles. The minimum absolute atomic E-state index is 0.438. The van der Waals surface area contributed by atoms with E-state index in [-0.39, 0.29) is 0 Å². The summed E-state index contributed by atoms with van der Waals surface area (Å²) in [6.45, 7) is 0.676. The highest BCUT2D eigenvalue weighted by Gasteiger charge is 2.18. The number of ether oxygens (including phenoxy) is 1. The van der Waals surface area contributed by atoms with E-state index >= 15 is 0 Å². The van der Waals surface area contributed by atoms with Gasteiger partial charge in [0, 0.05) is 51.8 Å². The molecule has 5 nitrogen and oxygen atoms in total. The quantitative estimate of drug-likeness (QED) is 0.410. The Morgan fingerprint density at radius 3 is 3.20 bits per heavy atom. The zero-order chi connectivity index (χ0) is 10.4. The van der Waals surface area contributed by atoms with Crippen molar-refractivity contribution >= 4 is 33.6 Å². The molecule has 0 saturated carbocycles. The van der Waals surface area contributed by atoms with Gasteiger partial charge in [0.05, 0.1) is 6.61 Å². The number of hydrogen-bond donors (Lipinski definition) is 0. The fourth-order valence-electron chi connectivity index (χ4n) is 1.69. The van der Waals surface area contributed by atoms with Crippen molar-refractivity contribution in [3.8, 4) is 5.75 Å². The lowest BCUT2D eigenvalue weighted by Gasteiger charge is -2.01. The highest BCUT2D eigenvalue weighted by Crippen LogP contribution is 2.28. The summed E-state index contributed by atoms with van der Waals surface area (Å²) in [6.07, 6.45) is 0.845. The summed E-state index contributed by atoms with van der Waals surface area (Å²) in [5, 5.41) is 15.2. The molecule has 1 aromatic heterocycles. The van der Waals surface area contributed by atoms with E-state index in [1.807, 2.05) is 22.6 Å². The lowest BCUT2D eigenvalue weighted by molar-refractivity contribution is -0.644. The smallest absolute Gasteiger partial charge is 0.271 e. The Labute approximate surface area is 98.8 Å². The maximum atomic E-state index is 11.5. The Kier molecular flexibility index (Phi) is 1.91. The largest absolute Gasteiger partial charge is 0.594 e. The van der Waals surface area contributed by atoms with Crippen molar-refractivity contribution in [2.24, 2.45) is 0 Å². The van der Waals surface area contributed by atoms with Crippen LogP contribution >= 0.6 is 22.6 Å². The molecule has 6 heteroatoms. The van der Waals surface area contributed by atoms with E-state index < -0.39 is 0 Å². The maximum absolute atomic E-state index is 11.5. The third-order valence-electron chi connectivity index (χ3n) is 2.38. The van der Waals surface area contributed by atoms with Gasteiger partial charge in [-0.05, 0) is 4.85 Å². The SMILES string of the molecule is [O-][n+]1nc(I)nc2cc3c(cc21)CCO3. The first kappa shape index (κ1) is 9.08. The van der Waals surface area contributed by atoms with E-state index in [4.69, 9.17) is 4.74 Å². The highest BCUT2D eigenvalue weighted by atomic mass is 127. The molecule has 0 radical (unpaired) electrons. The average Bonchev–Trinajstić information content (AvgIpc) is 2.61. The lowest BCUT2D eigenvalue weighted by Crippen LogP contribution is -2.33. The number of fused-ring (bicyclic) bond motifs is 2. The number of rotatable bonds is 0. The first-order valence-corrected chi connectivity index (χ1v) is 5.55. The summed E-state index contributed by atoms with van der Waals surface area (Å²) in [6, 6.07) is 3.61. The van der Waals surface area contributed by atoms with Crippen LogP contribution in [0, 0.1) is 9.04 Å². The molecule has 0 aliphatic carbocycles. The van der Waals surface area contributed by atoms with Crippen molar-refractivity contribution < 1.29 is 9.58 Å². The zero-order valence-electron chi connectivity index (χ0n) is 7.61. The molecular formula is C9H6IN3O2. The summed E-state index contributed by atoms with van der Waals surface area (Å²) < 4.78 is 5.85. The first-order valence-electron chi connectivity index (χ1n) is 4.47. The molecule has 0 unspecified atom stereocenters. The van der Waals surface area contributed by atoms with Crippen molar-refractivity contribution in [2.45, 2.75) is 6.42 Å². The predicted molar refractivity (Wildman–Crippen MR) is 60.4 cm³/mol. The predicted octanol–water partition coefficient (Wildman–Crippen LogP) is 0.803. The second-order valence-corrected chi connectivity index (χ2v) is 4.27. The van der Waals surface area contributed by atoms with Gasteiger partial charge in [-0.15, -0.1) is 0 Å². The number of halogens is 1. The molecule has 1 aromatic carbocycles. The summed E-state index contributed by atoms with van der Waals surface area (Å²) in [5.41, 5.74) is 2.18. The van der Waals surface area contributed by atoms with Crippen molar-refractivity contribution in [1.29, 1.82) is 0 Å². The van der Waals surface area contributed by atoms with Gasteiger partial charge in [0.2, 0.25) is 0 Å². The highest BCUT2D eigenvalue weighted by molar-refractivity contribution is 14.1. The topological polar surface area (TPSA) is 62.0 Å². The van der Waals surface area contributed by atoms with Crippen LogP contribution in [-0.2, 0) is 6.42 Å². The molecule has 0 N–H and O–H groups in total. The van der Waals surface area contributed by atoms with Crippen molar-refractivity contribution in [3.05, 3.63) is 26.7 Å². The number of hydrogen-bond acceptors (Lipinski definition) is 4. The van der Waals surface area contributed by atoms with Crippen LogP contribution in [-0.4, -0.2) is 16.7 Å². The van der Waals surface area contributed by atoms with Crippen LogP contribution in [0.4, 0.5) is 0 Å². The van der Waals surface area contributed by atoms with Gasteiger partial charge in [-0.2, -0.15) is 0 Å². The molecule has 15 heavy (non-hydrogen) atoms. The van der Waals surface area contributed by atoms with E-state index in [0.29, 0.717) is 26.3 Å². The molecular weight excluding hydrogens is 309 g/mol. The van der Waals surface area contributed by atoms with Crippen molar-refractivity contribution in [2.75, 3.05) is 6.61 Å². The van der Waals surface area contributed by atoms with Gasteiger partial charge < -0.3 is 9.94 Å².